The molecule has 0 saturated carbocycles. The highest BCUT2D eigenvalue weighted by Crippen LogP contribution is 2.33. The first-order valence-electron chi connectivity index (χ1n) is 20.7. The molecule has 4 N–H and O–H groups in total. The van der Waals surface area contributed by atoms with Crippen LogP contribution in [0.3, 0.4) is 0 Å². The van der Waals surface area contributed by atoms with E-state index in [4.69, 9.17) is 19.9 Å². The molecule has 0 spiro atoms. The summed E-state index contributed by atoms with van der Waals surface area (Å²) in [5.74, 6) is -0.724. The van der Waals surface area contributed by atoms with Crippen molar-refractivity contribution >= 4 is 78.7 Å². The number of benzene rings is 3. The van der Waals surface area contributed by atoms with Gasteiger partial charge in [0.15, 0.2) is 0 Å². The molecule has 1 aliphatic carbocycles. The zero-order valence-corrected chi connectivity index (χ0v) is 40.0. The molecule has 0 aliphatic heterocycles. The third-order valence-corrected chi connectivity index (χ3v) is 10.5. The number of ether oxygens (including phenoxy) is 3. The Hall–Kier alpha value is -4.02. The van der Waals surface area contributed by atoms with Crippen molar-refractivity contribution in [1.82, 2.24) is 20.1 Å². The minimum Gasteiger partial charge on any atom is -0.378 e. The number of carbonyl (C=O) groups is 3. The van der Waals surface area contributed by atoms with E-state index < -0.39 is 0 Å². The number of anilines is 2. The van der Waals surface area contributed by atoms with E-state index in [1.807, 2.05) is 37.4 Å². The van der Waals surface area contributed by atoms with Gasteiger partial charge in [-0.1, -0.05) is 30.3 Å². The Morgan fingerprint density at radius 2 is 1.40 bits per heavy atom. The third kappa shape index (κ3) is 17.1. The quantitative estimate of drug-likeness (QED) is 0.0644. The van der Waals surface area contributed by atoms with E-state index >= 15 is 0 Å². The Morgan fingerprint density at radius 1 is 0.730 bits per heavy atom. The summed E-state index contributed by atoms with van der Waals surface area (Å²) >= 11 is 0. The highest BCUT2D eigenvalue weighted by molar-refractivity contribution is 6.08. The van der Waals surface area contributed by atoms with Gasteiger partial charge in [-0.15, -0.1) is 49.6 Å². The van der Waals surface area contributed by atoms with E-state index in [9.17, 15) is 14.4 Å². The molecule has 0 radical (unpaired) electrons. The topological polar surface area (TPSA) is 152 Å². The lowest BCUT2D eigenvalue weighted by Crippen LogP contribution is -2.36. The van der Waals surface area contributed by atoms with E-state index in [1.165, 1.54) is 11.1 Å². The SMILES string of the molecule is CCN(CC)c1ccc(NC(=O)c2cccc(C(=O)N(C)CCN(C)CCOCCOCCOCCN)c2)c(-c2cc(C(=O)N[C@H]3CCCc4ccccc43)ccn2)c1.Cl.Cl.Cl.Cl. The van der Waals surface area contributed by atoms with Gasteiger partial charge in [-0.25, -0.2) is 0 Å². The first kappa shape index (κ1) is 57.0. The highest BCUT2D eigenvalue weighted by atomic mass is 35.5. The Labute approximate surface area is 397 Å². The van der Waals surface area contributed by atoms with Crippen molar-refractivity contribution < 1.29 is 28.6 Å². The van der Waals surface area contributed by atoms with Crippen molar-refractivity contribution in [2.45, 2.75) is 39.2 Å². The first-order valence-corrected chi connectivity index (χ1v) is 20.7. The number of halogens is 4. The molecule has 17 heteroatoms. The molecule has 4 aromatic rings. The molecule has 0 bridgehead atoms. The molecule has 1 aliphatic rings. The van der Waals surface area contributed by atoms with Gasteiger partial charge in [0.2, 0.25) is 0 Å². The van der Waals surface area contributed by atoms with Crippen molar-refractivity contribution in [1.29, 1.82) is 0 Å². The van der Waals surface area contributed by atoms with E-state index in [-0.39, 0.29) is 73.4 Å². The summed E-state index contributed by atoms with van der Waals surface area (Å²) in [4.78, 5) is 51.7. The van der Waals surface area contributed by atoms with E-state index in [2.05, 4.69) is 51.4 Å². The lowest BCUT2D eigenvalue weighted by Gasteiger charge is -2.26. The fourth-order valence-electron chi connectivity index (χ4n) is 7.09. The molecular formula is C46H65Cl4N7O6. The number of amides is 3. The second-order valence-corrected chi connectivity index (χ2v) is 14.6. The zero-order valence-electron chi connectivity index (χ0n) is 36.7. The van der Waals surface area contributed by atoms with Crippen molar-refractivity contribution in [3.63, 3.8) is 0 Å². The van der Waals surface area contributed by atoms with Gasteiger partial charge in [0.05, 0.1) is 57.1 Å². The number of rotatable bonds is 23. The number of hydrogen-bond donors (Lipinski definition) is 3. The first-order chi connectivity index (χ1) is 28.7. The molecule has 0 saturated heterocycles. The van der Waals surface area contributed by atoms with Gasteiger partial charge >= 0.3 is 0 Å². The van der Waals surface area contributed by atoms with Crippen molar-refractivity contribution in [3.8, 4) is 11.3 Å². The van der Waals surface area contributed by atoms with Crippen LogP contribution in [0.25, 0.3) is 11.3 Å². The largest absolute Gasteiger partial charge is 0.378 e. The molecule has 1 atom stereocenters. The second-order valence-electron chi connectivity index (χ2n) is 14.6. The van der Waals surface area contributed by atoms with Crippen LogP contribution in [0.2, 0.25) is 0 Å². The molecule has 0 unspecified atom stereocenters. The summed E-state index contributed by atoms with van der Waals surface area (Å²) in [6.07, 6.45) is 4.54. The lowest BCUT2D eigenvalue weighted by molar-refractivity contribution is 0.0127. The summed E-state index contributed by atoms with van der Waals surface area (Å²) in [5, 5.41) is 6.33. The molecule has 348 valence electrons. The minimum absolute atomic E-state index is 0. The Balaban J connectivity index is 0.00000496. The second kappa shape index (κ2) is 30.2. The Kier molecular flexibility index (Phi) is 27.3. The van der Waals surface area contributed by atoms with E-state index in [0.717, 1.165) is 38.0 Å². The summed E-state index contributed by atoms with van der Waals surface area (Å²) in [7, 11) is 3.74. The maximum atomic E-state index is 13.9. The number of nitrogens with one attached hydrogen (secondary N) is 2. The average Bonchev–Trinajstić information content (AvgIpc) is 3.27. The van der Waals surface area contributed by atoms with Crippen LogP contribution in [0.5, 0.6) is 0 Å². The summed E-state index contributed by atoms with van der Waals surface area (Å²) in [6, 6.07) is 24.3. The van der Waals surface area contributed by atoms with Gasteiger partial charge < -0.3 is 45.3 Å². The monoisotopic (exact) mass is 951 g/mol. The van der Waals surface area contributed by atoms with Crippen LogP contribution in [0, 0.1) is 0 Å². The average molecular weight is 954 g/mol. The van der Waals surface area contributed by atoms with Gasteiger partial charge in [0, 0.05) is 80.5 Å². The number of carbonyl (C=O) groups excluding carboxylic acids is 3. The van der Waals surface area contributed by atoms with Crippen LogP contribution in [0.1, 0.15) is 74.9 Å². The summed E-state index contributed by atoms with van der Waals surface area (Å²) < 4.78 is 16.4. The van der Waals surface area contributed by atoms with Crippen molar-refractivity contribution in [2.75, 3.05) is 103 Å². The predicted octanol–water partition coefficient (Wildman–Crippen LogP) is 7.35. The van der Waals surface area contributed by atoms with Gasteiger partial charge in [0.1, 0.15) is 0 Å². The number of pyridine rings is 1. The fourth-order valence-corrected chi connectivity index (χ4v) is 7.09. The number of fused-ring (bicyclic) bond motifs is 1. The standard InChI is InChI=1S/C46H61N7O6.4ClH/c1-5-53(6-2)38-17-18-42(40(33-38)43-32-36(19-21-48-43)45(55)49-41-16-10-12-34-11-7-8-15-39(34)41)50-44(54)35-13-9-14-37(31-35)46(56)52(4)23-22-51(3)24-26-58-28-30-59-29-27-57-25-20-47;;;;/h7-9,11,13-15,17-19,21,31-33,41H,5-6,10,12,16,20,22-30,47H2,1-4H3,(H,49,55)(H,50,54);4*1H/t41-;;;;/m0..../s1. The third-order valence-electron chi connectivity index (χ3n) is 10.5. The molecule has 3 amide bonds. The molecule has 1 heterocycles. The normalized spacial score (nSPS) is 12.6. The van der Waals surface area contributed by atoms with Crippen molar-refractivity contribution in [3.05, 3.63) is 113 Å². The van der Waals surface area contributed by atoms with Crippen LogP contribution >= 0.6 is 49.6 Å². The number of likely N-dealkylation sites (N-methyl/N-ethyl adjacent to an activating group) is 2. The highest BCUT2D eigenvalue weighted by Gasteiger charge is 2.23. The minimum atomic E-state index is -0.367. The van der Waals surface area contributed by atoms with Crippen LogP contribution in [0.4, 0.5) is 11.4 Å². The molecule has 13 nitrogen and oxygen atoms in total. The molecule has 63 heavy (non-hydrogen) atoms. The number of nitrogens with two attached hydrogens (primary N) is 1. The van der Waals surface area contributed by atoms with E-state index in [0.29, 0.717) is 99.5 Å². The molecule has 1 aromatic heterocycles. The summed E-state index contributed by atoms with van der Waals surface area (Å²) in [5.41, 5.74) is 11.8. The molecule has 3 aromatic carbocycles. The maximum Gasteiger partial charge on any atom is 0.255 e. The number of aromatic nitrogens is 1. The smallest absolute Gasteiger partial charge is 0.255 e. The van der Waals surface area contributed by atoms with Gasteiger partial charge in [0.25, 0.3) is 17.7 Å². The van der Waals surface area contributed by atoms with Crippen LogP contribution < -0.4 is 21.3 Å². The van der Waals surface area contributed by atoms with Gasteiger partial charge in [-0.3, -0.25) is 19.4 Å². The zero-order chi connectivity index (χ0) is 42.0. The fraction of sp³-hybridized carbons (Fsp3) is 0.435. The van der Waals surface area contributed by atoms with Gasteiger partial charge in [-0.2, -0.15) is 0 Å². The Bertz CT molecular complexity index is 1990. The van der Waals surface area contributed by atoms with Crippen LogP contribution in [-0.2, 0) is 20.6 Å². The number of aryl methyl sites for hydroxylation is 1. The lowest BCUT2D eigenvalue weighted by atomic mass is 9.87. The predicted molar refractivity (Wildman–Crippen MR) is 262 cm³/mol. The molecular weight excluding hydrogens is 888 g/mol. The number of nitrogens with zero attached hydrogens (tertiary/aromatic N) is 4. The molecule has 5 rings (SSSR count). The number of hydrogen-bond acceptors (Lipinski definition) is 10. The summed E-state index contributed by atoms with van der Waals surface area (Å²) in [6.45, 7) is 11.2. The Morgan fingerprint density at radius 3 is 2.11 bits per heavy atom. The van der Waals surface area contributed by atoms with Gasteiger partial charge in [-0.05, 0) is 99.8 Å². The van der Waals surface area contributed by atoms with Crippen LogP contribution in [0.15, 0.2) is 85.1 Å². The maximum absolute atomic E-state index is 13.9. The molecule has 0 fully saturated rings. The van der Waals surface area contributed by atoms with E-state index in [1.54, 1.807) is 54.5 Å². The van der Waals surface area contributed by atoms with Crippen molar-refractivity contribution in [2.24, 2.45) is 5.73 Å². The van der Waals surface area contributed by atoms with Crippen LogP contribution in [-0.4, -0.2) is 126 Å².